The smallest absolute Gasteiger partial charge is 0.232 e. The van der Waals surface area contributed by atoms with Gasteiger partial charge in [-0.1, -0.05) is 0 Å². The van der Waals surface area contributed by atoms with Crippen molar-refractivity contribution in [2.75, 3.05) is 18.4 Å². The van der Waals surface area contributed by atoms with Gasteiger partial charge in [0.2, 0.25) is 5.91 Å². The molecule has 0 aliphatic carbocycles. The number of anilines is 1. The van der Waals surface area contributed by atoms with E-state index in [4.69, 9.17) is 0 Å². The van der Waals surface area contributed by atoms with E-state index < -0.39 is 0 Å². The largest absolute Gasteiger partial charge is 0.310 e. The minimum Gasteiger partial charge on any atom is -0.310 e. The average Bonchev–Trinajstić information content (AvgIpc) is 2.32. The number of aromatic nitrogens is 1. The molecule has 0 bridgehead atoms. The van der Waals surface area contributed by atoms with Crippen molar-refractivity contribution in [2.24, 2.45) is 5.41 Å². The van der Waals surface area contributed by atoms with E-state index >= 15 is 0 Å². The van der Waals surface area contributed by atoms with Gasteiger partial charge in [-0.3, -0.25) is 4.79 Å². The van der Waals surface area contributed by atoms with Gasteiger partial charge in [-0.15, -0.1) is 0 Å². The molecule has 0 atom stereocenters. The lowest BCUT2D eigenvalue weighted by Crippen LogP contribution is -2.47. The zero-order chi connectivity index (χ0) is 11.9. The van der Waals surface area contributed by atoms with E-state index in [1.54, 1.807) is 6.20 Å². The maximum Gasteiger partial charge on any atom is 0.232 e. The molecule has 5 heteroatoms. The highest BCUT2D eigenvalue weighted by atomic mass is 79.9. The van der Waals surface area contributed by atoms with Crippen molar-refractivity contribution in [3.05, 3.63) is 22.3 Å². The second kappa shape index (κ2) is 4.07. The molecule has 1 spiro atoms. The Balaban J connectivity index is 1.98. The lowest BCUT2D eigenvalue weighted by atomic mass is 9.72. The maximum atomic E-state index is 12.2. The number of carbonyl (C=O) groups excluding carboxylic acids is 1. The SMILES string of the molecule is O=C1Nc2ncc(Br)cc2CC12CC[N]CC2. The standard InChI is InChI=1S/C12H13BrN3O/c13-9-5-8-6-12(1-3-14-4-2-12)11(17)16-10(8)15-7-9/h5,7H,1-4,6H2,(H,15,16,17). The van der Waals surface area contributed by atoms with Crippen molar-refractivity contribution in [3.8, 4) is 0 Å². The monoisotopic (exact) mass is 294 g/mol. The van der Waals surface area contributed by atoms with E-state index in [1.807, 2.05) is 0 Å². The molecule has 1 fully saturated rings. The van der Waals surface area contributed by atoms with E-state index in [1.165, 1.54) is 0 Å². The Morgan fingerprint density at radius 1 is 1.35 bits per heavy atom. The van der Waals surface area contributed by atoms with Crippen LogP contribution in [-0.4, -0.2) is 24.0 Å². The number of rotatable bonds is 0. The first-order chi connectivity index (χ1) is 8.20. The second-order valence-electron chi connectivity index (χ2n) is 4.74. The summed E-state index contributed by atoms with van der Waals surface area (Å²) in [5.74, 6) is 0.834. The first-order valence-corrected chi connectivity index (χ1v) is 6.58. The summed E-state index contributed by atoms with van der Waals surface area (Å²) < 4.78 is 0.961. The van der Waals surface area contributed by atoms with Crippen molar-refractivity contribution >= 4 is 27.7 Å². The first kappa shape index (κ1) is 11.2. The van der Waals surface area contributed by atoms with Crippen LogP contribution >= 0.6 is 15.9 Å². The number of nitrogens with zero attached hydrogens (tertiary/aromatic N) is 2. The molecule has 1 radical (unpaired) electrons. The first-order valence-electron chi connectivity index (χ1n) is 5.79. The molecule has 0 saturated carbocycles. The normalized spacial score (nSPS) is 22.1. The van der Waals surface area contributed by atoms with Gasteiger partial charge in [0.1, 0.15) is 5.82 Å². The Kier molecular flexibility index (Phi) is 2.67. The highest BCUT2D eigenvalue weighted by Crippen LogP contribution is 2.40. The number of pyridine rings is 1. The van der Waals surface area contributed by atoms with Crippen LogP contribution in [0.5, 0.6) is 0 Å². The number of piperidine rings is 1. The maximum absolute atomic E-state index is 12.2. The van der Waals surface area contributed by atoms with E-state index in [2.05, 4.69) is 37.6 Å². The third-order valence-corrected chi connectivity index (χ3v) is 4.11. The van der Waals surface area contributed by atoms with Gasteiger partial charge in [-0.05, 0) is 46.8 Å². The van der Waals surface area contributed by atoms with Crippen molar-refractivity contribution in [1.29, 1.82) is 0 Å². The number of hydrogen-bond donors (Lipinski definition) is 1. The molecule has 0 aromatic carbocycles. The Hall–Kier alpha value is -0.940. The Bertz CT molecular complexity index is 469. The van der Waals surface area contributed by atoms with Gasteiger partial charge in [-0.2, -0.15) is 0 Å². The molecule has 89 valence electrons. The molecule has 2 aliphatic heterocycles. The van der Waals surface area contributed by atoms with Crippen LogP contribution in [0.15, 0.2) is 16.7 Å². The lowest BCUT2D eigenvalue weighted by molar-refractivity contribution is -0.127. The third-order valence-electron chi connectivity index (χ3n) is 3.67. The van der Waals surface area contributed by atoms with E-state index in [-0.39, 0.29) is 11.3 Å². The highest BCUT2D eigenvalue weighted by Gasteiger charge is 2.43. The van der Waals surface area contributed by atoms with Gasteiger partial charge >= 0.3 is 0 Å². The summed E-state index contributed by atoms with van der Waals surface area (Å²) in [5, 5.41) is 7.26. The molecule has 2 aliphatic rings. The van der Waals surface area contributed by atoms with Gasteiger partial charge in [0.05, 0.1) is 5.41 Å². The van der Waals surface area contributed by atoms with Crippen molar-refractivity contribution in [3.63, 3.8) is 0 Å². The van der Waals surface area contributed by atoms with Crippen LogP contribution in [0, 0.1) is 5.41 Å². The number of fused-ring (bicyclic) bond motifs is 1. The topological polar surface area (TPSA) is 56.1 Å². The van der Waals surface area contributed by atoms with E-state index in [9.17, 15) is 4.79 Å². The predicted molar refractivity (Wildman–Crippen MR) is 67.8 cm³/mol. The van der Waals surface area contributed by atoms with Gasteiger partial charge in [-0.25, -0.2) is 10.3 Å². The van der Waals surface area contributed by atoms with Crippen LogP contribution in [-0.2, 0) is 11.2 Å². The van der Waals surface area contributed by atoms with Gasteiger partial charge in [0.25, 0.3) is 0 Å². The summed E-state index contributed by atoms with van der Waals surface area (Å²) in [4.78, 5) is 16.5. The van der Waals surface area contributed by atoms with Gasteiger partial charge in [0.15, 0.2) is 0 Å². The molecule has 1 aromatic heterocycles. The minimum absolute atomic E-state index is 0.120. The van der Waals surface area contributed by atoms with E-state index in [0.717, 1.165) is 42.4 Å². The third kappa shape index (κ3) is 1.87. The van der Waals surface area contributed by atoms with Crippen molar-refractivity contribution in [2.45, 2.75) is 19.3 Å². The molecular weight excluding hydrogens is 282 g/mol. The summed E-state index contributed by atoms with van der Waals surface area (Å²) in [6.07, 6.45) is 4.21. The fraction of sp³-hybridized carbons (Fsp3) is 0.500. The molecule has 1 N–H and O–H groups in total. The van der Waals surface area contributed by atoms with Crippen molar-refractivity contribution < 1.29 is 4.79 Å². The Morgan fingerprint density at radius 3 is 2.88 bits per heavy atom. The molecule has 3 rings (SSSR count). The molecular formula is C12H13BrN3O. The van der Waals surface area contributed by atoms with Crippen LogP contribution < -0.4 is 10.6 Å². The zero-order valence-corrected chi connectivity index (χ0v) is 11.0. The summed E-state index contributed by atoms with van der Waals surface area (Å²) in [7, 11) is 0. The number of carbonyl (C=O) groups is 1. The molecule has 0 unspecified atom stereocenters. The molecule has 4 nitrogen and oxygen atoms in total. The van der Waals surface area contributed by atoms with Gasteiger partial charge in [0, 0.05) is 23.8 Å². The highest BCUT2D eigenvalue weighted by molar-refractivity contribution is 9.10. The second-order valence-corrected chi connectivity index (χ2v) is 5.66. The molecule has 1 saturated heterocycles. The average molecular weight is 295 g/mol. The Labute approximate surface area is 108 Å². The Morgan fingerprint density at radius 2 is 2.12 bits per heavy atom. The fourth-order valence-corrected chi connectivity index (χ4v) is 3.02. The zero-order valence-electron chi connectivity index (χ0n) is 9.37. The minimum atomic E-state index is -0.253. The quantitative estimate of drug-likeness (QED) is 0.792. The summed E-state index contributed by atoms with van der Waals surface area (Å²) >= 11 is 3.42. The van der Waals surface area contributed by atoms with Crippen LogP contribution in [0.2, 0.25) is 0 Å². The summed E-state index contributed by atoms with van der Waals surface area (Å²) in [5.41, 5.74) is 0.873. The predicted octanol–water partition coefficient (Wildman–Crippen LogP) is 1.72. The summed E-state index contributed by atoms with van der Waals surface area (Å²) in [6.45, 7) is 1.59. The van der Waals surface area contributed by atoms with Gasteiger partial charge < -0.3 is 5.32 Å². The van der Waals surface area contributed by atoms with Crippen LogP contribution in [0.1, 0.15) is 18.4 Å². The molecule has 17 heavy (non-hydrogen) atoms. The van der Waals surface area contributed by atoms with Crippen molar-refractivity contribution in [1.82, 2.24) is 10.3 Å². The fourth-order valence-electron chi connectivity index (χ4n) is 2.64. The van der Waals surface area contributed by atoms with Crippen LogP contribution in [0.4, 0.5) is 5.82 Å². The lowest BCUT2D eigenvalue weighted by Gasteiger charge is -2.39. The molecule has 1 amide bonds. The number of nitrogens with one attached hydrogen (secondary N) is 1. The van der Waals surface area contributed by atoms with Crippen LogP contribution in [0.25, 0.3) is 0 Å². The number of amides is 1. The number of hydrogen-bond acceptors (Lipinski definition) is 2. The summed E-state index contributed by atoms with van der Waals surface area (Å²) in [6, 6.07) is 2.05. The van der Waals surface area contributed by atoms with Crippen LogP contribution in [0.3, 0.4) is 0 Å². The molecule has 1 aromatic rings. The van der Waals surface area contributed by atoms with E-state index in [0.29, 0.717) is 5.82 Å². The molecule has 3 heterocycles. The number of halogens is 1.